The molecule has 1 saturated carbocycles. The van der Waals surface area contributed by atoms with Crippen LogP contribution in [0.2, 0.25) is 0 Å². The highest BCUT2D eigenvalue weighted by molar-refractivity contribution is 7.13. The van der Waals surface area contributed by atoms with Gasteiger partial charge in [0.25, 0.3) is 0 Å². The van der Waals surface area contributed by atoms with E-state index in [1.807, 2.05) is 24.3 Å². The zero-order valence-electron chi connectivity index (χ0n) is 20.6. The Balaban J connectivity index is 1.10. The molecule has 2 aliphatic rings. The Bertz CT molecular complexity index is 1110. The number of methoxy groups -OCH3 is 1. The van der Waals surface area contributed by atoms with E-state index in [0.717, 1.165) is 56.4 Å². The standard InChI is InChI=1S/C28H36N4O2S/c1-34-24-12-10-21(11-13-24)18-27(33)29-19-22-6-2-3-7-23(22)20-31-14-16-32(17-15-31)28-25-8-4-5-9-26(25)35-30-28/h4-5,8-13,22-23H,2-3,6-7,14-20H2,1H3,(H,29,33)/t22-,23-/m1/s1. The van der Waals surface area contributed by atoms with Crippen molar-refractivity contribution in [2.24, 2.45) is 11.8 Å². The van der Waals surface area contributed by atoms with E-state index in [-0.39, 0.29) is 5.91 Å². The Kier molecular flexibility index (Phi) is 7.84. The van der Waals surface area contributed by atoms with Gasteiger partial charge in [-0.1, -0.05) is 37.1 Å². The number of nitrogens with one attached hydrogen (secondary N) is 1. The van der Waals surface area contributed by atoms with E-state index in [2.05, 4.69) is 39.4 Å². The first kappa shape index (κ1) is 24.1. The van der Waals surface area contributed by atoms with Crippen molar-refractivity contribution in [3.8, 4) is 5.75 Å². The molecule has 1 aliphatic heterocycles. The van der Waals surface area contributed by atoms with E-state index < -0.39 is 0 Å². The fourth-order valence-electron chi connectivity index (χ4n) is 5.60. The molecule has 2 atom stereocenters. The Morgan fingerprint density at radius 1 is 1.03 bits per heavy atom. The molecule has 2 aromatic carbocycles. The van der Waals surface area contributed by atoms with E-state index in [9.17, 15) is 4.79 Å². The van der Waals surface area contributed by atoms with Crippen LogP contribution in [0.3, 0.4) is 0 Å². The lowest BCUT2D eigenvalue weighted by molar-refractivity contribution is -0.120. The number of amides is 1. The van der Waals surface area contributed by atoms with Crippen LogP contribution in [0.25, 0.3) is 10.1 Å². The van der Waals surface area contributed by atoms with Crippen molar-refractivity contribution in [3.05, 3.63) is 54.1 Å². The Morgan fingerprint density at radius 2 is 1.77 bits per heavy atom. The second-order valence-corrected chi connectivity index (χ2v) is 10.7. The predicted molar refractivity (Wildman–Crippen MR) is 143 cm³/mol. The van der Waals surface area contributed by atoms with Gasteiger partial charge in [-0.05, 0) is 66.0 Å². The third kappa shape index (κ3) is 5.96. The summed E-state index contributed by atoms with van der Waals surface area (Å²) in [6, 6.07) is 16.3. The van der Waals surface area contributed by atoms with Crippen molar-refractivity contribution >= 4 is 33.3 Å². The molecular formula is C28H36N4O2S. The van der Waals surface area contributed by atoms with Crippen LogP contribution in [0.1, 0.15) is 31.2 Å². The van der Waals surface area contributed by atoms with Crippen LogP contribution < -0.4 is 15.0 Å². The van der Waals surface area contributed by atoms with Crippen molar-refractivity contribution in [3.63, 3.8) is 0 Å². The molecule has 1 aromatic heterocycles. The average molecular weight is 493 g/mol. The van der Waals surface area contributed by atoms with Crippen LogP contribution in [-0.2, 0) is 11.2 Å². The second kappa shape index (κ2) is 11.4. The highest BCUT2D eigenvalue weighted by Gasteiger charge is 2.29. The predicted octanol–water partition coefficient (Wildman–Crippen LogP) is 4.59. The van der Waals surface area contributed by atoms with Crippen LogP contribution in [-0.4, -0.2) is 61.6 Å². The van der Waals surface area contributed by atoms with Gasteiger partial charge in [-0.15, -0.1) is 0 Å². The molecule has 1 aliphatic carbocycles. The normalized spacial score (nSPS) is 21.2. The van der Waals surface area contributed by atoms with E-state index >= 15 is 0 Å². The minimum absolute atomic E-state index is 0.114. The SMILES string of the molecule is COc1ccc(CC(=O)NC[C@H]2CCCC[C@@H]2CN2CCN(c3nsc4ccccc34)CC2)cc1. The average Bonchev–Trinajstić information content (AvgIpc) is 3.33. The Morgan fingerprint density at radius 3 is 2.54 bits per heavy atom. The van der Waals surface area contributed by atoms with Gasteiger partial charge in [0.15, 0.2) is 0 Å². The number of ether oxygens (including phenoxy) is 1. The van der Waals surface area contributed by atoms with Gasteiger partial charge in [-0.3, -0.25) is 9.69 Å². The Labute approximate surface area is 212 Å². The molecule has 186 valence electrons. The fraction of sp³-hybridized carbons (Fsp3) is 0.500. The maximum absolute atomic E-state index is 12.6. The van der Waals surface area contributed by atoms with E-state index in [1.165, 1.54) is 35.8 Å². The highest BCUT2D eigenvalue weighted by Crippen LogP contribution is 2.32. The van der Waals surface area contributed by atoms with Crippen molar-refractivity contribution in [2.45, 2.75) is 32.1 Å². The first-order chi connectivity index (χ1) is 17.2. The largest absolute Gasteiger partial charge is 0.497 e. The van der Waals surface area contributed by atoms with Gasteiger partial charge in [0.1, 0.15) is 11.6 Å². The summed E-state index contributed by atoms with van der Waals surface area (Å²) in [5.74, 6) is 3.32. The molecule has 0 radical (unpaired) electrons. The lowest BCUT2D eigenvalue weighted by atomic mass is 9.78. The van der Waals surface area contributed by atoms with Crippen LogP contribution in [0.5, 0.6) is 5.75 Å². The molecule has 6 nitrogen and oxygen atoms in total. The molecule has 35 heavy (non-hydrogen) atoms. The quantitative estimate of drug-likeness (QED) is 0.498. The fourth-order valence-corrected chi connectivity index (χ4v) is 6.40. The lowest BCUT2D eigenvalue weighted by Crippen LogP contribution is -2.49. The number of hydrogen-bond donors (Lipinski definition) is 1. The molecule has 1 N–H and O–H groups in total. The summed E-state index contributed by atoms with van der Waals surface area (Å²) in [5.41, 5.74) is 1.02. The van der Waals surface area contributed by atoms with E-state index in [1.54, 1.807) is 18.6 Å². The first-order valence-corrected chi connectivity index (χ1v) is 13.7. The number of piperazine rings is 1. The number of carbonyl (C=O) groups excluding carboxylic acids is 1. The number of carbonyl (C=O) groups is 1. The van der Waals surface area contributed by atoms with Crippen molar-refractivity contribution in [2.75, 3.05) is 51.3 Å². The van der Waals surface area contributed by atoms with Gasteiger partial charge in [-0.25, -0.2) is 0 Å². The minimum atomic E-state index is 0.114. The van der Waals surface area contributed by atoms with Gasteiger partial charge in [0.2, 0.25) is 5.91 Å². The van der Waals surface area contributed by atoms with Gasteiger partial charge < -0.3 is 15.0 Å². The molecule has 0 bridgehead atoms. The number of anilines is 1. The van der Waals surface area contributed by atoms with Gasteiger partial charge >= 0.3 is 0 Å². The molecular weight excluding hydrogens is 456 g/mol. The third-order valence-electron chi connectivity index (χ3n) is 7.67. The molecule has 5 rings (SSSR count). The smallest absolute Gasteiger partial charge is 0.224 e. The molecule has 2 fully saturated rings. The van der Waals surface area contributed by atoms with Gasteiger partial charge in [-0.2, -0.15) is 4.37 Å². The monoisotopic (exact) mass is 492 g/mol. The molecule has 2 heterocycles. The summed E-state index contributed by atoms with van der Waals surface area (Å²) in [4.78, 5) is 17.7. The number of benzene rings is 2. The molecule has 0 unspecified atom stereocenters. The number of rotatable bonds is 8. The Hall–Kier alpha value is -2.64. The first-order valence-electron chi connectivity index (χ1n) is 12.9. The van der Waals surface area contributed by atoms with Crippen LogP contribution in [0, 0.1) is 11.8 Å². The van der Waals surface area contributed by atoms with Gasteiger partial charge in [0.05, 0.1) is 18.2 Å². The zero-order chi connectivity index (χ0) is 24.0. The van der Waals surface area contributed by atoms with Gasteiger partial charge in [0, 0.05) is 44.7 Å². The van der Waals surface area contributed by atoms with Crippen LogP contribution in [0.4, 0.5) is 5.82 Å². The molecule has 3 aromatic rings. The maximum atomic E-state index is 12.6. The van der Waals surface area contributed by atoms with Crippen molar-refractivity contribution in [1.82, 2.24) is 14.6 Å². The van der Waals surface area contributed by atoms with Crippen LogP contribution >= 0.6 is 11.5 Å². The summed E-state index contributed by atoms with van der Waals surface area (Å²) in [6.07, 6.45) is 5.51. The van der Waals surface area contributed by atoms with Crippen molar-refractivity contribution < 1.29 is 9.53 Å². The van der Waals surface area contributed by atoms with Crippen molar-refractivity contribution in [1.29, 1.82) is 0 Å². The molecule has 7 heteroatoms. The number of aromatic nitrogens is 1. The molecule has 0 spiro atoms. The zero-order valence-corrected chi connectivity index (χ0v) is 21.4. The minimum Gasteiger partial charge on any atom is -0.497 e. The third-order valence-corrected chi connectivity index (χ3v) is 8.49. The van der Waals surface area contributed by atoms with E-state index in [4.69, 9.17) is 9.11 Å². The van der Waals surface area contributed by atoms with Crippen LogP contribution in [0.15, 0.2) is 48.5 Å². The summed E-state index contributed by atoms with van der Waals surface area (Å²) in [5, 5.41) is 4.52. The molecule has 1 saturated heterocycles. The number of fused-ring (bicyclic) bond motifs is 1. The lowest BCUT2D eigenvalue weighted by Gasteiger charge is -2.40. The maximum Gasteiger partial charge on any atom is 0.224 e. The summed E-state index contributed by atoms with van der Waals surface area (Å²) >= 11 is 1.60. The number of hydrogen-bond acceptors (Lipinski definition) is 6. The highest BCUT2D eigenvalue weighted by atomic mass is 32.1. The second-order valence-electron chi connectivity index (χ2n) is 9.92. The summed E-state index contributed by atoms with van der Waals surface area (Å²) < 4.78 is 11.2. The summed E-state index contributed by atoms with van der Waals surface area (Å²) in [7, 11) is 1.66. The molecule has 1 amide bonds. The topological polar surface area (TPSA) is 57.7 Å². The summed E-state index contributed by atoms with van der Waals surface area (Å²) in [6.45, 7) is 6.17. The number of nitrogens with zero attached hydrogens (tertiary/aromatic N) is 3. The van der Waals surface area contributed by atoms with E-state index in [0.29, 0.717) is 18.3 Å².